The van der Waals surface area contributed by atoms with Crippen LogP contribution in [-0.2, 0) is 23.9 Å². The van der Waals surface area contributed by atoms with E-state index in [2.05, 4.69) is 0 Å². The number of carboxylic acids is 1. The van der Waals surface area contributed by atoms with E-state index >= 15 is 0 Å². The third-order valence-corrected chi connectivity index (χ3v) is 5.36. The summed E-state index contributed by atoms with van der Waals surface area (Å²) in [5.41, 5.74) is 6.47. The highest BCUT2D eigenvalue weighted by atomic mass is 16.6. The van der Waals surface area contributed by atoms with Crippen molar-refractivity contribution < 1.29 is 38.5 Å². The number of unbranched alkanes of at least 4 members (excludes halogenated alkanes) is 1. The zero-order chi connectivity index (χ0) is 27.4. The summed E-state index contributed by atoms with van der Waals surface area (Å²) in [4.78, 5) is 48.5. The van der Waals surface area contributed by atoms with Gasteiger partial charge in [0.1, 0.15) is 6.04 Å². The Morgan fingerprint density at radius 2 is 1.44 bits per heavy atom. The molecule has 0 fully saturated rings. The summed E-state index contributed by atoms with van der Waals surface area (Å²) in [5, 5.41) is 9.61. The minimum Gasteiger partial charge on any atom is -0.480 e. The zero-order valence-electron chi connectivity index (χ0n) is 22.2. The van der Waals surface area contributed by atoms with E-state index in [4.69, 9.17) is 19.9 Å². The standard InChI is InChI=1S/C27H41NO8/c1-7-8-9-23(29)34-18(6)14-20(26(28)27(32)33)19-10-11-21(35-24(30)12-16(2)3)22(15-19)36-25(31)13-17(4)5/h10-11,15-18,20,26H,7-9,12-14,28H2,1-6H3,(H,32,33)/t18?,20?,26-/m0/s1. The normalized spacial score (nSPS) is 13.7. The first kappa shape index (κ1) is 31.1. The van der Waals surface area contributed by atoms with Crippen molar-refractivity contribution in [1.29, 1.82) is 0 Å². The number of benzene rings is 1. The lowest BCUT2D eigenvalue weighted by Gasteiger charge is -2.25. The van der Waals surface area contributed by atoms with Gasteiger partial charge in [0, 0.05) is 25.2 Å². The predicted molar refractivity (Wildman–Crippen MR) is 135 cm³/mol. The van der Waals surface area contributed by atoms with E-state index in [0.29, 0.717) is 12.0 Å². The fraction of sp³-hybridized carbons (Fsp3) is 0.630. The number of ether oxygens (including phenoxy) is 3. The lowest BCUT2D eigenvalue weighted by Crippen LogP contribution is -2.38. The summed E-state index contributed by atoms with van der Waals surface area (Å²) in [6, 6.07) is 3.20. The third kappa shape index (κ3) is 11.2. The number of nitrogens with two attached hydrogens (primary N) is 1. The van der Waals surface area contributed by atoms with Crippen LogP contribution in [0.4, 0.5) is 0 Å². The SMILES string of the molecule is CCCCC(=O)OC(C)CC(c1ccc(OC(=O)CC(C)C)c(OC(=O)CC(C)C)c1)[C@H](N)C(=O)O. The molecule has 2 unspecified atom stereocenters. The fourth-order valence-corrected chi connectivity index (χ4v) is 3.59. The van der Waals surface area contributed by atoms with Crippen LogP contribution in [0.3, 0.4) is 0 Å². The Labute approximate surface area is 213 Å². The molecule has 9 nitrogen and oxygen atoms in total. The summed E-state index contributed by atoms with van der Waals surface area (Å²) in [6.07, 6.45) is 1.69. The average molecular weight is 508 g/mol. The number of carbonyl (C=O) groups is 4. The van der Waals surface area contributed by atoms with Crippen molar-refractivity contribution in [2.75, 3.05) is 0 Å². The van der Waals surface area contributed by atoms with Crippen molar-refractivity contribution in [3.05, 3.63) is 23.8 Å². The molecule has 0 amide bonds. The Morgan fingerprint density at radius 3 is 1.94 bits per heavy atom. The zero-order valence-corrected chi connectivity index (χ0v) is 22.2. The second-order valence-corrected chi connectivity index (χ2v) is 9.96. The number of hydrogen-bond donors (Lipinski definition) is 2. The Balaban J connectivity index is 3.30. The molecule has 0 aliphatic carbocycles. The van der Waals surface area contributed by atoms with Gasteiger partial charge in [-0.05, 0) is 49.3 Å². The molecule has 1 rings (SSSR count). The molecule has 1 aromatic carbocycles. The van der Waals surface area contributed by atoms with Crippen molar-refractivity contribution in [3.8, 4) is 11.5 Å². The number of esters is 3. The van der Waals surface area contributed by atoms with Gasteiger partial charge in [-0.2, -0.15) is 0 Å². The van der Waals surface area contributed by atoms with Crippen molar-refractivity contribution in [1.82, 2.24) is 0 Å². The Morgan fingerprint density at radius 1 is 0.889 bits per heavy atom. The number of carboxylic acid groups (broad SMARTS) is 1. The molecule has 0 aliphatic heterocycles. The molecule has 0 bridgehead atoms. The van der Waals surface area contributed by atoms with E-state index in [1.165, 1.54) is 12.1 Å². The second-order valence-electron chi connectivity index (χ2n) is 9.96. The maximum atomic E-state index is 12.4. The summed E-state index contributed by atoms with van der Waals surface area (Å²) in [5.74, 6) is -3.16. The van der Waals surface area contributed by atoms with Gasteiger partial charge in [-0.25, -0.2) is 0 Å². The van der Waals surface area contributed by atoms with E-state index in [1.807, 2.05) is 34.6 Å². The summed E-state index contributed by atoms with van der Waals surface area (Å²) >= 11 is 0. The average Bonchev–Trinajstić information content (AvgIpc) is 2.75. The Kier molecular flexibility index (Phi) is 13.2. The monoisotopic (exact) mass is 507 g/mol. The van der Waals surface area contributed by atoms with Gasteiger partial charge in [0.2, 0.25) is 0 Å². The highest BCUT2D eigenvalue weighted by Gasteiger charge is 2.30. The lowest BCUT2D eigenvalue weighted by atomic mass is 9.87. The van der Waals surface area contributed by atoms with E-state index < -0.39 is 36.0 Å². The van der Waals surface area contributed by atoms with Crippen LogP contribution in [0.5, 0.6) is 11.5 Å². The first-order valence-corrected chi connectivity index (χ1v) is 12.6. The van der Waals surface area contributed by atoms with Crippen molar-refractivity contribution in [3.63, 3.8) is 0 Å². The molecule has 0 aromatic heterocycles. The summed E-state index contributed by atoms with van der Waals surface area (Å²) in [6.45, 7) is 11.1. The molecule has 36 heavy (non-hydrogen) atoms. The molecule has 0 aliphatic rings. The Bertz CT molecular complexity index is 896. The fourth-order valence-electron chi connectivity index (χ4n) is 3.59. The maximum Gasteiger partial charge on any atom is 0.321 e. The predicted octanol–water partition coefficient (Wildman–Crippen LogP) is 4.60. The van der Waals surface area contributed by atoms with E-state index in [0.717, 1.165) is 6.42 Å². The largest absolute Gasteiger partial charge is 0.480 e. The van der Waals surface area contributed by atoms with Gasteiger partial charge in [-0.15, -0.1) is 0 Å². The van der Waals surface area contributed by atoms with Gasteiger partial charge in [0.25, 0.3) is 0 Å². The van der Waals surface area contributed by atoms with Gasteiger partial charge in [0.05, 0.1) is 6.10 Å². The van der Waals surface area contributed by atoms with Crippen molar-refractivity contribution in [2.24, 2.45) is 17.6 Å². The molecular formula is C27H41NO8. The minimum absolute atomic E-state index is 0.00504. The van der Waals surface area contributed by atoms with Crippen LogP contribution >= 0.6 is 0 Å². The number of carbonyl (C=O) groups excluding carboxylic acids is 3. The molecular weight excluding hydrogens is 466 g/mol. The van der Waals surface area contributed by atoms with Crippen LogP contribution in [0.1, 0.15) is 91.5 Å². The van der Waals surface area contributed by atoms with E-state index in [1.54, 1.807) is 13.0 Å². The van der Waals surface area contributed by atoms with Crippen LogP contribution in [-0.4, -0.2) is 41.1 Å². The van der Waals surface area contributed by atoms with Gasteiger partial charge >= 0.3 is 23.9 Å². The number of hydrogen-bond acceptors (Lipinski definition) is 8. The first-order chi connectivity index (χ1) is 16.8. The number of rotatable bonds is 15. The smallest absolute Gasteiger partial charge is 0.321 e. The van der Waals surface area contributed by atoms with Crippen LogP contribution in [0.2, 0.25) is 0 Å². The molecule has 1 aromatic rings. The highest BCUT2D eigenvalue weighted by Crippen LogP contribution is 2.35. The van der Waals surface area contributed by atoms with Crippen LogP contribution in [0.25, 0.3) is 0 Å². The topological polar surface area (TPSA) is 142 Å². The van der Waals surface area contributed by atoms with E-state index in [-0.39, 0.29) is 55.0 Å². The van der Waals surface area contributed by atoms with Crippen LogP contribution in [0.15, 0.2) is 18.2 Å². The minimum atomic E-state index is -1.31. The van der Waals surface area contributed by atoms with Crippen molar-refractivity contribution in [2.45, 2.75) is 98.1 Å². The third-order valence-electron chi connectivity index (χ3n) is 5.36. The lowest BCUT2D eigenvalue weighted by molar-refractivity contribution is -0.149. The van der Waals surface area contributed by atoms with Gasteiger partial charge in [-0.3, -0.25) is 19.2 Å². The molecule has 0 saturated heterocycles. The second kappa shape index (κ2) is 15.2. The molecule has 0 spiro atoms. The summed E-state index contributed by atoms with van der Waals surface area (Å²) < 4.78 is 16.4. The molecule has 3 atom stereocenters. The number of aliphatic carboxylic acids is 1. The molecule has 3 N–H and O–H groups in total. The van der Waals surface area contributed by atoms with Crippen molar-refractivity contribution >= 4 is 23.9 Å². The molecule has 0 radical (unpaired) electrons. The van der Waals surface area contributed by atoms with Gasteiger partial charge in [0.15, 0.2) is 11.5 Å². The van der Waals surface area contributed by atoms with Gasteiger partial charge < -0.3 is 25.1 Å². The maximum absolute atomic E-state index is 12.4. The quantitative estimate of drug-likeness (QED) is 0.257. The molecule has 0 heterocycles. The van der Waals surface area contributed by atoms with Gasteiger partial charge in [-0.1, -0.05) is 47.1 Å². The molecule has 9 heteroatoms. The Hall–Kier alpha value is -2.94. The van der Waals surface area contributed by atoms with Crippen LogP contribution in [0, 0.1) is 11.8 Å². The van der Waals surface area contributed by atoms with Crippen LogP contribution < -0.4 is 15.2 Å². The molecule has 0 saturated carbocycles. The highest BCUT2D eigenvalue weighted by molar-refractivity contribution is 5.77. The molecule has 202 valence electrons. The summed E-state index contributed by atoms with van der Waals surface area (Å²) in [7, 11) is 0. The van der Waals surface area contributed by atoms with E-state index in [9.17, 15) is 24.3 Å². The first-order valence-electron chi connectivity index (χ1n) is 12.6.